The molecule has 0 saturated carbocycles. The Morgan fingerprint density at radius 1 is 0.917 bits per heavy atom. The lowest BCUT2D eigenvalue weighted by Crippen LogP contribution is -2.20. The van der Waals surface area contributed by atoms with Crippen molar-refractivity contribution < 1.29 is 4.74 Å². The summed E-state index contributed by atoms with van der Waals surface area (Å²) < 4.78 is 5.65. The Morgan fingerprint density at radius 3 is 2.12 bits per heavy atom. The van der Waals surface area contributed by atoms with Crippen molar-refractivity contribution in [3.05, 3.63) is 88.3 Å². The van der Waals surface area contributed by atoms with Gasteiger partial charge in [0, 0.05) is 5.56 Å². The number of nitrogens with zero attached hydrogens (tertiary/aromatic N) is 2. The van der Waals surface area contributed by atoms with Gasteiger partial charge in [-0.3, -0.25) is 0 Å². The van der Waals surface area contributed by atoms with E-state index < -0.39 is 5.92 Å². The van der Waals surface area contributed by atoms with Gasteiger partial charge in [-0.1, -0.05) is 60.2 Å². The SMILES string of the molecule is Cc1ccc(C2C(C#N)=C(N)OC(c3ccccc3)=C2C#N)cc1. The third-order valence-electron chi connectivity index (χ3n) is 3.99. The summed E-state index contributed by atoms with van der Waals surface area (Å²) in [4.78, 5) is 0. The van der Waals surface area contributed by atoms with Crippen LogP contribution >= 0.6 is 0 Å². The van der Waals surface area contributed by atoms with Crippen LogP contribution in [-0.2, 0) is 4.74 Å². The van der Waals surface area contributed by atoms with Gasteiger partial charge in [0.05, 0.1) is 17.6 Å². The van der Waals surface area contributed by atoms with Crippen LogP contribution in [0.5, 0.6) is 0 Å². The monoisotopic (exact) mass is 313 g/mol. The van der Waals surface area contributed by atoms with E-state index in [1.165, 1.54) is 0 Å². The van der Waals surface area contributed by atoms with Gasteiger partial charge in [0.15, 0.2) is 5.76 Å². The minimum Gasteiger partial charge on any atom is -0.439 e. The van der Waals surface area contributed by atoms with Gasteiger partial charge in [-0.05, 0) is 12.5 Å². The highest BCUT2D eigenvalue weighted by Crippen LogP contribution is 2.41. The van der Waals surface area contributed by atoms with E-state index in [0.29, 0.717) is 11.3 Å². The lowest BCUT2D eigenvalue weighted by atomic mass is 9.82. The van der Waals surface area contributed by atoms with Crippen LogP contribution in [0.3, 0.4) is 0 Å². The maximum atomic E-state index is 9.75. The molecule has 1 unspecified atom stereocenters. The highest BCUT2D eigenvalue weighted by Gasteiger charge is 2.33. The largest absolute Gasteiger partial charge is 0.439 e. The molecule has 0 fully saturated rings. The fourth-order valence-electron chi connectivity index (χ4n) is 2.77. The molecule has 0 aromatic heterocycles. The summed E-state index contributed by atoms with van der Waals surface area (Å²) in [6.45, 7) is 1.99. The van der Waals surface area contributed by atoms with Crippen LogP contribution in [0.15, 0.2) is 71.6 Å². The molecule has 4 heteroatoms. The third-order valence-corrected chi connectivity index (χ3v) is 3.99. The first-order valence-electron chi connectivity index (χ1n) is 7.49. The number of hydrogen-bond donors (Lipinski definition) is 1. The van der Waals surface area contributed by atoms with Crippen LogP contribution in [0, 0.1) is 29.6 Å². The average Bonchev–Trinajstić information content (AvgIpc) is 2.62. The lowest BCUT2D eigenvalue weighted by molar-refractivity contribution is 0.357. The molecule has 3 rings (SSSR count). The zero-order chi connectivity index (χ0) is 17.1. The molecule has 1 aliphatic rings. The number of aryl methyl sites for hydroxylation is 1. The van der Waals surface area contributed by atoms with Crippen LogP contribution in [0.4, 0.5) is 0 Å². The van der Waals surface area contributed by atoms with E-state index in [4.69, 9.17) is 10.5 Å². The van der Waals surface area contributed by atoms with Crippen LogP contribution in [0.1, 0.15) is 22.6 Å². The van der Waals surface area contributed by atoms with Gasteiger partial charge < -0.3 is 10.5 Å². The van der Waals surface area contributed by atoms with E-state index in [-0.39, 0.29) is 11.5 Å². The van der Waals surface area contributed by atoms with Crippen LogP contribution in [0.25, 0.3) is 5.76 Å². The van der Waals surface area contributed by atoms with Gasteiger partial charge >= 0.3 is 0 Å². The molecule has 0 bridgehead atoms. The lowest BCUT2D eigenvalue weighted by Gasteiger charge is -2.26. The Balaban J connectivity index is 2.22. The van der Waals surface area contributed by atoms with Gasteiger partial charge in [0.1, 0.15) is 11.6 Å². The van der Waals surface area contributed by atoms with Gasteiger partial charge in [-0.2, -0.15) is 10.5 Å². The Hall–Kier alpha value is -3.50. The Bertz CT molecular complexity index is 910. The van der Waals surface area contributed by atoms with E-state index in [2.05, 4.69) is 12.1 Å². The topological polar surface area (TPSA) is 82.8 Å². The van der Waals surface area contributed by atoms with Crippen molar-refractivity contribution in [1.82, 2.24) is 0 Å². The third kappa shape index (κ3) is 2.62. The second-order valence-electron chi connectivity index (χ2n) is 5.56. The normalized spacial score (nSPS) is 17.0. The standard InChI is InChI=1S/C20H15N3O/c1-13-7-9-14(10-8-13)18-16(11-21)19(15-5-3-2-4-6-15)24-20(23)17(18)12-22/h2-10,18H,23H2,1H3. The number of allylic oxidation sites excluding steroid dienone is 2. The van der Waals surface area contributed by atoms with Crippen molar-refractivity contribution in [3.63, 3.8) is 0 Å². The number of benzene rings is 2. The zero-order valence-electron chi connectivity index (χ0n) is 13.2. The van der Waals surface area contributed by atoms with Crippen molar-refractivity contribution in [1.29, 1.82) is 10.5 Å². The molecule has 4 nitrogen and oxygen atoms in total. The number of hydrogen-bond acceptors (Lipinski definition) is 4. The molecular formula is C20H15N3O. The summed E-state index contributed by atoms with van der Waals surface area (Å²) in [5, 5.41) is 19.3. The first-order chi connectivity index (χ1) is 11.7. The van der Waals surface area contributed by atoms with Crippen molar-refractivity contribution >= 4 is 5.76 Å². The summed E-state index contributed by atoms with van der Waals surface area (Å²) >= 11 is 0. The molecule has 1 aliphatic heterocycles. The maximum Gasteiger partial charge on any atom is 0.205 e. The van der Waals surface area contributed by atoms with Crippen molar-refractivity contribution in [3.8, 4) is 12.1 Å². The predicted molar refractivity (Wildman–Crippen MR) is 90.8 cm³/mol. The average molecular weight is 313 g/mol. The Morgan fingerprint density at radius 2 is 1.54 bits per heavy atom. The maximum absolute atomic E-state index is 9.75. The molecular weight excluding hydrogens is 298 g/mol. The molecule has 2 N–H and O–H groups in total. The fourth-order valence-corrected chi connectivity index (χ4v) is 2.77. The molecule has 0 aliphatic carbocycles. The van der Waals surface area contributed by atoms with Crippen molar-refractivity contribution in [2.24, 2.45) is 5.73 Å². The second kappa shape index (κ2) is 6.32. The molecule has 24 heavy (non-hydrogen) atoms. The highest BCUT2D eigenvalue weighted by atomic mass is 16.5. The van der Waals surface area contributed by atoms with Gasteiger partial charge in [0.25, 0.3) is 0 Å². The number of rotatable bonds is 2. The van der Waals surface area contributed by atoms with Gasteiger partial charge in [-0.25, -0.2) is 0 Å². The first-order valence-corrected chi connectivity index (χ1v) is 7.49. The van der Waals surface area contributed by atoms with Crippen LogP contribution in [0.2, 0.25) is 0 Å². The molecule has 116 valence electrons. The molecule has 1 heterocycles. The van der Waals surface area contributed by atoms with E-state index in [0.717, 1.165) is 16.7 Å². The second-order valence-corrected chi connectivity index (χ2v) is 5.56. The summed E-state index contributed by atoms with van der Waals surface area (Å²) in [5.41, 5.74) is 9.33. The zero-order valence-corrected chi connectivity index (χ0v) is 13.2. The van der Waals surface area contributed by atoms with Gasteiger partial charge in [-0.15, -0.1) is 0 Å². The first kappa shape index (κ1) is 15.4. The van der Waals surface area contributed by atoms with Crippen molar-refractivity contribution in [2.45, 2.75) is 12.8 Å². The Kier molecular flexibility index (Phi) is 4.05. The molecule has 2 aromatic carbocycles. The Labute approximate surface area is 140 Å². The minimum absolute atomic E-state index is 0.0425. The smallest absolute Gasteiger partial charge is 0.205 e. The van der Waals surface area contributed by atoms with E-state index in [1.54, 1.807) is 0 Å². The number of nitrogens with two attached hydrogens (primary N) is 1. The summed E-state index contributed by atoms with van der Waals surface area (Å²) in [5.74, 6) is -0.0781. The van der Waals surface area contributed by atoms with Crippen LogP contribution < -0.4 is 5.73 Å². The van der Waals surface area contributed by atoms with E-state index in [9.17, 15) is 10.5 Å². The van der Waals surface area contributed by atoms with E-state index >= 15 is 0 Å². The molecule has 1 atom stereocenters. The molecule has 0 spiro atoms. The fraction of sp³-hybridized carbons (Fsp3) is 0.100. The molecule has 2 aromatic rings. The molecule has 0 saturated heterocycles. The quantitative estimate of drug-likeness (QED) is 0.915. The highest BCUT2D eigenvalue weighted by molar-refractivity contribution is 5.73. The number of ether oxygens (including phenoxy) is 1. The predicted octanol–water partition coefficient (Wildman–Crippen LogP) is 3.74. The van der Waals surface area contributed by atoms with Gasteiger partial charge in [0.2, 0.25) is 5.88 Å². The summed E-state index contributed by atoms with van der Waals surface area (Å²) in [6.07, 6.45) is 0. The minimum atomic E-state index is -0.524. The summed E-state index contributed by atoms with van der Waals surface area (Å²) in [7, 11) is 0. The van der Waals surface area contributed by atoms with E-state index in [1.807, 2.05) is 61.5 Å². The van der Waals surface area contributed by atoms with Crippen molar-refractivity contribution in [2.75, 3.05) is 0 Å². The summed E-state index contributed by atoms with van der Waals surface area (Å²) in [6, 6.07) is 21.4. The van der Waals surface area contributed by atoms with Crippen LogP contribution in [-0.4, -0.2) is 0 Å². The molecule has 0 amide bonds. The number of nitriles is 2. The molecule has 0 radical (unpaired) electrons.